The van der Waals surface area contributed by atoms with Gasteiger partial charge in [0.15, 0.2) is 0 Å². The topological polar surface area (TPSA) is 61.2 Å². The third-order valence-electron chi connectivity index (χ3n) is 6.16. The molecule has 174 valence electrons. The summed E-state index contributed by atoms with van der Waals surface area (Å²) >= 11 is 5.79. The molecule has 1 aromatic heterocycles. The van der Waals surface area contributed by atoms with Gasteiger partial charge in [0, 0.05) is 64.0 Å². The third kappa shape index (κ3) is 6.01. The van der Waals surface area contributed by atoms with Crippen molar-refractivity contribution in [3.8, 4) is 0 Å². The van der Waals surface area contributed by atoms with Crippen LogP contribution in [0.1, 0.15) is 12.7 Å². The van der Waals surface area contributed by atoms with Crippen molar-refractivity contribution < 1.29 is 18.3 Å². The number of nitrogens with zero attached hydrogens (tertiary/aromatic N) is 3. The number of halogens is 2. The van der Waals surface area contributed by atoms with Crippen molar-refractivity contribution in [2.45, 2.75) is 25.5 Å². The smallest absolute Gasteiger partial charge is 0.321 e. The number of furan rings is 1. The number of amides is 2. The van der Waals surface area contributed by atoms with E-state index >= 15 is 0 Å². The molecule has 4 rings (SSSR count). The molecule has 0 radical (unpaired) electrons. The molecule has 0 spiro atoms. The number of anilines is 1. The quantitative estimate of drug-likeness (QED) is 0.708. The molecule has 0 saturated carbocycles. The molecule has 3 heterocycles. The van der Waals surface area contributed by atoms with Crippen LogP contribution in [0.15, 0.2) is 41.0 Å². The molecule has 2 aromatic rings. The van der Waals surface area contributed by atoms with E-state index in [-0.39, 0.29) is 17.2 Å². The Hall–Kier alpha value is -2.13. The van der Waals surface area contributed by atoms with Crippen LogP contribution in [0.3, 0.4) is 0 Å². The van der Waals surface area contributed by atoms with E-state index in [1.807, 2.05) is 12.1 Å². The van der Waals surface area contributed by atoms with Gasteiger partial charge >= 0.3 is 6.03 Å². The van der Waals surface area contributed by atoms with Crippen molar-refractivity contribution in [3.63, 3.8) is 0 Å². The molecular weight excluding hydrogens is 435 g/mol. The zero-order valence-electron chi connectivity index (χ0n) is 18.3. The highest BCUT2D eigenvalue weighted by Gasteiger charge is 2.28. The second kappa shape index (κ2) is 10.7. The van der Waals surface area contributed by atoms with Gasteiger partial charge in [-0.3, -0.25) is 9.80 Å². The fourth-order valence-corrected chi connectivity index (χ4v) is 4.48. The van der Waals surface area contributed by atoms with Crippen LogP contribution in [0, 0.1) is 5.82 Å². The van der Waals surface area contributed by atoms with Gasteiger partial charge < -0.3 is 19.4 Å². The van der Waals surface area contributed by atoms with E-state index in [0.717, 1.165) is 51.5 Å². The Morgan fingerprint density at radius 2 is 2.06 bits per heavy atom. The molecule has 2 aliphatic rings. The molecule has 2 amide bonds. The van der Waals surface area contributed by atoms with Crippen molar-refractivity contribution in [2.75, 3.05) is 57.7 Å². The summed E-state index contributed by atoms with van der Waals surface area (Å²) in [5.74, 6) is 0.509. The lowest BCUT2D eigenvalue weighted by Crippen LogP contribution is -2.55. The minimum Gasteiger partial charge on any atom is -0.469 e. The number of nitrogens with one attached hydrogen (secondary N) is 1. The Kier molecular flexibility index (Phi) is 7.67. The molecule has 1 unspecified atom stereocenters. The van der Waals surface area contributed by atoms with Gasteiger partial charge in [-0.1, -0.05) is 11.6 Å². The highest BCUT2D eigenvalue weighted by Crippen LogP contribution is 2.20. The number of rotatable bonds is 6. The first kappa shape index (κ1) is 23.0. The van der Waals surface area contributed by atoms with E-state index < -0.39 is 5.82 Å². The molecule has 1 aromatic carbocycles. The third-order valence-corrected chi connectivity index (χ3v) is 6.45. The summed E-state index contributed by atoms with van der Waals surface area (Å²) in [5.41, 5.74) is 0.489. The van der Waals surface area contributed by atoms with Crippen LogP contribution in [-0.4, -0.2) is 85.3 Å². The van der Waals surface area contributed by atoms with Gasteiger partial charge in [-0.25, -0.2) is 9.18 Å². The Balaban J connectivity index is 1.21. The van der Waals surface area contributed by atoms with Crippen molar-refractivity contribution in [2.24, 2.45) is 0 Å². The number of carbonyl (C=O) groups excluding carboxylic acids is 1. The summed E-state index contributed by atoms with van der Waals surface area (Å²) in [6, 6.07) is 8.33. The average Bonchev–Trinajstić information content (AvgIpc) is 3.30. The minimum absolute atomic E-state index is 0.00683. The molecule has 1 N–H and O–H groups in total. The normalized spacial score (nSPS) is 21.5. The molecule has 2 fully saturated rings. The van der Waals surface area contributed by atoms with Crippen molar-refractivity contribution >= 4 is 23.3 Å². The monoisotopic (exact) mass is 464 g/mol. The standard InChI is InChI=1S/C23H30ClFN4O3/c1-17(13-19-3-2-11-31-19)29-10-12-32-20(16-29)15-27-6-8-28(9-7-27)23(30)26-18-4-5-22(25)21(24)14-18/h2-5,11,14,17,20H,6-10,12-13,15-16H2,1H3,(H,26,30)/t17?,20-/m0/s1. The van der Waals surface area contributed by atoms with Crippen LogP contribution in [-0.2, 0) is 11.2 Å². The molecule has 0 aliphatic carbocycles. The maximum absolute atomic E-state index is 13.3. The maximum Gasteiger partial charge on any atom is 0.321 e. The largest absolute Gasteiger partial charge is 0.469 e. The highest BCUT2D eigenvalue weighted by atomic mass is 35.5. The summed E-state index contributed by atoms with van der Waals surface area (Å²) in [6.45, 7) is 8.49. The van der Waals surface area contributed by atoms with Gasteiger partial charge in [-0.15, -0.1) is 0 Å². The number of morpholine rings is 1. The zero-order chi connectivity index (χ0) is 22.5. The number of ether oxygens (including phenoxy) is 1. The number of piperazine rings is 1. The molecule has 32 heavy (non-hydrogen) atoms. The number of hydrogen-bond donors (Lipinski definition) is 1. The van der Waals surface area contributed by atoms with Gasteiger partial charge in [0.05, 0.1) is 24.0 Å². The molecule has 7 nitrogen and oxygen atoms in total. The van der Waals surface area contributed by atoms with E-state index in [1.165, 1.54) is 18.2 Å². The van der Waals surface area contributed by atoms with Crippen molar-refractivity contribution in [1.82, 2.24) is 14.7 Å². The van der Waals surface area contributed by atoms with Gasteiger partial charge in [-0.2, -0.15) is 0 Å². The number of benzene rings is 1. The molecular formula is C23H30ClFN4O3. The minimum atomic E-state index is -0.503. The lowest BCUT2D eigenvalue weighted by Gasteiger charge is -2.40. The predicted octanol–water partition coefficient (Wildman–Crippen LogP) is 3.55. The summed E-state index contributed by atoms with van der Waals surface area (Å²) in [4.78, 5) is 19.1. The predicted molar refractivity (Wildman–Crippen MR) is 122 cm³/mol. The van der Waals surface area contributed by atoms with Crippen molar-refractivity contribution in [1.29, 1.82) is 0 Å². The Morgan fingerprint density at radius 3 is 2.78 bits per heavy atom. The summed E-state index contributed by atoms with van der Waals surface area (Å²) in [5, 5.41) is 2.78. The summed E-state index contributed by atoms with van der Waals surface area (Å²) in [6.07, 6.45) is 2.77. The van der Waals surface area contributed by atoms with Gasteiger partial charge in [0.1, 0.15) is 11.6 Å². The fourth-order valence-electron chi connectivity index (χ4n) is 4.30. The molecule has 2 aliphatic heterocycles. The van der Waals surface area contributed by atoms with Crippen molar-refractivity contribution in [3.05, 3.63) is 53.2 Å². The Morgan fingerprint density at radius 1 is 1.25 bits per heavy atom. The van der Waals surface area contributed by atoms with E-state index in [2.05, 4.69) is 22.0 Å². The molecule has 2 saturated heterocycles. The molecule has 2 atom stereocenters. The van der Waals surface area contributed by atoms with Crippen LogP contribution < -0.4 is 5.32 Å². The molecule has 0 bridgehead atoms. The van der Waals surface area contributed by atoms with E-state index in [4.69, 9.17) is 20.8 Å². The first-order valence-electron chi connectivity index (χ1n) is 11.1. The average molecular weight is 465 g/mol. The van der Waals surface area contributed by atoms with Crippen LogP contribution in [0.5, 0.6) is 0 Å². The number of carbonyl (C=O) groups is 1. The first-order valence-corrected chi connectivity index (χ1v) is 11.5. The Bertz CT molecular complexity index is 889. The number of hydrogen-bond acceptors (Lipinski definition) is 5. The van der Waals surface area contributed by atoms with Crippen LogP contribution in [0.4, 0.5) is 14.9 Å². The highest BCUT2D eigenvalue weighted by molar-refractivity contribution is 6.31. The van der Waals surface area contributed by atoms with E-state index in [0.29, 0.717) is 24.8 Å². The Labute approximate surface area is 193 Å². The zero-order valence-corrected chi connectivity index (χ0v) is 19.1. The second-order valence-corrected chi connectivity index (χ2v) is 8.87. The fraction of sp³-hybridized carbons (Fsp3) is 0.522. The van der Waals surface area contributed by atoms with Crippen LogP contribution in [0.2, 0.25) is 5.02 Å². The summed E-state index contributed by atoms with van der Waals surface area (Å²) < 4.78 is 24.8. The van der Waals surface area contributed by atoms with Gasteiger partial charge in [-0.05, 0) is 37.3 Å². The van der Waals surface area contributed by atoms with Crippen LogP contribution in [0.25, 0.3) is 0 Å². The molecule has 9 heteroatoms. The van der Waals surface area contributed by atoms with Gasteiger partial charge in [0.2, 0.25) is 0 Å². The SMILES string of the molecule is CC(Cc1ccco1)N1CCO[C@@H](CN2CCN(C(=O)Nc3ccc(F)c(Cl)c3)CC2)C1. The second-order valence-electron chi connectivity index (χ2n) is 8.47. The van der Waals surface area contributed by atoms with E-state index in [9.17, 15) is 9.18 Å². The van der Waals surface area contributed by atoms with Gasteiger partial charge in [0.25, 0.3) is 0 Å². The maximum atomic E-state index is 13.3. The van der Waals surface area contributed by atoms with E-state index in [1.54, 1.807) is 11.2 Å². The number of urea groups is 1. The summed E-state index contributed by atoms with van der Waals surface area (Å²) in [7, 11) is 0. The lowest BCUT2D eigenvalue weighted by atomic mass is 10.1. The lowest BCUT2D eigenvalue weighted by molar-refractivity contribution is -0.0574. The first-order chi connectivity index (χ1) is 15.5. The van der Waals surface area contributed by atoms with Crippen LogP contribution >= 0.6 is 11.6 Å².